The topological polar surface area (TPSA) is 164 Å². The summed E-state index contributed by atoms with van der Waals surface area (Å²) in [6, 6.07) is 11.4. The molecule has 0 spiro atoms. The molecule has 4 amide bonds. The highest BCUT2D eigenvalue weighted by Crippen LogP contribution is 2.48. The SMILES string of the molecule is CCc1cccc(-c2ccc(C)cc2NC(=O)O[C@@H]2C[C@H]3C(=O)N[C@]4(C(=O)NS(=O)(=O)C5(C)CC5)C[C@H]4/C=C\CCCCN(C)C(=O)[C@@H]3C2)n1. The fraction of sp³-hybridized carbons (Fsp3) is 0.541. The van der Waals surface area contributed by atoms with Gasteiger partial charge in [0.05, 0.1) is 28.0 Å². The molecule has 1 aliphatic heterocycles. The second-order valence-corrected chi connectivity index (χ2v) is 16.8. The molecule has 1 aromatic heterocycles. The van der Waals surface area contributed by atoms with Crippen molar-refractivity contribution >= 4 is 39.5 Å². The quantitative estimate of drug-likeness (QED) is 0.351. The van der Waals surface area contributed by atoms with Crippen molar-refractivity contribution in [2.75, 3.05) is 18.9 Å². The van der Waals surface area contributed by atoms with Gasteiger partial charge in [-0.05, 0) is 95.4 Å². The molecule has 3 N–H and O–H groups in total. The van der Waals surface area contributed by atoms with E-state index in [9.17, 15) is 27.6 Å². The minimum Gasteiger partial charge on any atom is -0.446 e. The molecule has 1 aromatic carbocycles. The number of aromatic nitrogens is 1. The van der Waals surface area contributed by atoms with E-state index >= 15 is 0 Å². The number of carbonyl (C=O) groups is 4. The molecule has 2 heterocycles. The van der Waals surface area contributed by atoms with Crippen LogP contribution in [0.15, 0.2) is 48.6 Å². The summed E-state index contributed by atoms with van der Waals surface area (Å²) in [7, 11) is -2.23. The number of nitrogens with zero attached hydrogens (tertiary/aromatic N) is 2. The lowest BCUT2D eigenvalue weighted by molar-refractivity contribution is -0.140. The third-order valence-electron chi connectivity index (χ3n) is 10.8. The monoisotopic (exact) mass is 705 g/mol. The highest BCUT2D eigenvalue weighted by atomic mass is 32.2. The smallest absolute Gasteiger partial charge is 0.411 e. The van der Waals surface area contributed by atoms with Crippen molar-refractivity contribution in [3.8, 4) is 11.3 Å². The molecule has 12 nitrogen and oxygen atoms in total. The number of nitrogens with one attached hydrogen (secondary N) is 3. The minimum atomic E-state index is -3.94. The first-order valence-corrected chi connectivity index (χ1v) is 19.1. The Hall–Kier alpha value is -4.26. The molecule has 4 aliphatic rings. The van der Waals surface area contributed by atoms with E-state index in [0.29, 0.717) is 30.8 Å². The highest BCUT2D eigenvalue weighted by Gasteiger charge is 2.63. The fourth-order valence-corrected chi connectivity index (χ4v) is 8.40. The van der Waals surface area contributed by atoms with Gasteiger partial charge in [0.2, 0.25) is 21.8 Å². The van der Waals surface area contributed by atoms with Gasteiger partial charge in [-0.1, -0.05) is 37.3 Å². The molecule has 50 heavy (non-hydrogen) atoms. The van der Waals surface area contributed by atoms with Crippen LogP contribution in [0.25, 0.3) is 11.3 Å². The van der Waals surface area contributed by atoms with Gasteiger partial charge in [-0.2, -0.15) is 0 Å². The molecule has 0 unspecified atom stereocenters. The number of carbonyl (C=O) groups excluding carboxylic acids is 4. The number of amides is 4. The first-order chi connectivity index (χ1) is 23.7. The van der Waals surface area contributed by atoms with Crippen LogP contribution in [0.3, 0.4) is 0 Å². The Labute approximate surface area is 293 Å². The molecule has 0 radical (unpaired) electrons. The van der Waals surface area contributed by atoms with Crippen LogP contribution in [0.2, 0.25) is 0 Å². The molecule has 0 bridgehead atoms. The predicted molar refractivity (Wildman–Crippen MR) is 188 cm³/mol. The van der Waals surface area contributed by atoms with Crippen LogP contribution >= 0.6 is 0 Å². The molecule has 5 atom stereocenters. The second-order valence-electron chi connectivity index (χ2n) is 14.6. The summed E-state index contributed by atoms with van der Waals surface area (Å²) in [6.07, 6.45) is 6.77. The van der Waals surface area contributed by atoms with E-state index in [1.807, 2.05) is 62.4 Å². The number of sulfonamides is 1. The molecule has 3 saturated carbocycles. The van der Waals surface area contributed by atoms with Gasteiger partial charge in [0.15, 0.2) is 0 Å². The maximum Gasteiger partial charge on any atom is 0.411 e. The van der Waals surface area contributed by atoms with E-state index in [0.717, 1.165) is 42.5 Å². The van der Waals surface area contributed by atoms with E-state index < -0.39 is 56.2 Å². The second kappa shape index (κ2) is 13.8. The number of pyridine rings is 1. The van der Waals surface area contributed by atoms with Gasteiger partial charge in [0, 0.05) is 30.8 Å². The zero-order valence-corrected chi connectivity index (χ0v) is 30.0. The summed E-state index contributed by atoms with van der Waals surface area (Å²) in [5.41, 5.74) is 2.36. The summed E-state index contributed by atoms with van der Waals surface area (Å²) in [5, 5.41) is 5.74. The Morgan fingerprint density at radius 2 is 1.86 bits per heavy atom. The molecule has 2 aromatic rings. The summed E-state index contributed by atoms with van der Waals surface area (Å²) < 4.78 is 33.1. The highest BCUT2D eigenvalue weighted by molar-refractivity contribution is 7.91. The summed E-state index contributed by atoms with van der Waals surface area (Å²) in [5.74, 6) is -3.61. The van der Waals surface area contributed by atoms with Gasteiger partial charge < -0.3 is 15.0 Å². The molecule has 6 rings (SSSR count). The van der Waals surface area contributed by atoms with Crippen molar-refractivity contribution in [2.45, 2.75) is 94.9 Å². The van der Waals surface area contributed by atoms with E-state index in [4.69, 9.17) is 9.72 Å². The summed E-state index contributed by atoms with van der Waals surface area (Å²) in [4.78, 5) is 61.2. The van der Waals surface area contributed by atoms with Crippen molar-refractivity contribution in [3.05, 3.63) is 59.8 Å². The Morgan fingerprint density at radius 3 is 2.60 bits per heavy atom. The minimum absolute atomic E-state index is 0.0683. The summed E-state index contributed by atoms with van der Waals surface area (Å²) in [6.45, 7) is 6.05. The zero-order chi connectivity index (χ0) is 35.8. The predicted octanol–water partition coefficient (Wildman–Crippen LogP) is 4.63. The molecule has 0 saturated heterocycles. The third kappa shape index (κ3) is 7.28. The molecular formula is C37H47N5O7S. The van der Waals surface area contributed by atoms with Crippen molar-refractivity contribution in [3.63, 3.8) is 0 Å². The molecule has 3 fully saturated rings. The largest absolute Gasteiger partial charge is 0.446 e. The van der Waals surface area contributed by atoms with Crippen LogP contribution in [0.1, 0.15) is 76.5 Å². The number of hydrogen-bond acceptors (Lipinski definition) is 8. The van der Waals surface area contributed by atoms with Crippen LogP contribution in [0, 0.1) is 24.7 Å². The Morgan fingerprint density at radius 1 is 1.10 bits per heavy atom. The number of anilines is 1. The van der Waals surface area contributed by atoms with Crippen LogP contribution in [-0.4, -0.2) is 72.1 Å². The Balaban J connectivity index is 1.21. The van der Waals surface area contributed by atoms with Gasteiger partial charge in [-0.25, -0.2) is 13.2 Å². The first-order valence-electron chi connectivity index (χ1n) is 17.6. The molecule has 13 heteroatoms. The number of allylic oxidation sites excluding steroid dienone is 1. The van der Waals surface area contributed by atoms with Gasteiger partial charge in [0.25, 0.3) is 5.91 Å². The number of fused-ring (bicyclic) bond motifs is 2. The first kappa shape index (κ1) is 35.6. The van der Waals surface area contributed by atoms with Gasteiger partial charge >= 0.3 is 6.09 Å². The Kier molecular flexibility index (Phi) is 9.82. The van der Waals surface area contributed by atoms with Crippen molar-refractivity contribution in [2.24, 2.45) is 17.8 Å². The zero-order valence-electron chi connectivity index (χ0n) is 29.2. The normalized spacial score (nSPS) is 28.3. The average Bonchev–Trinajstić information content (AvgIpc) is 3.96. The van der Waals surface area contributed by atoms with Gasteiger partial charge in [0.1, 0.15) is 11.6 Å². The van der Waals surface area contributed by atoms with E-state index in [1.54, 1.807) is 18.9 Å². The fourth-order valence-electron chi connectivity index (χ4n) is 7.09. The van der Waals surface area contributed by atoms with Crippen molar-refractivity contribution in [1.82, 2.24) is 19.9 Å². The van der Waals surface area contributed by atoms with E-state index in [1.165, 1.54) is 0 Å². The maximum atomic E-state index is 14.1. The van der Waals surface area contributed by atoms with E-state index in [-0.39, 0.29) is 31.1 Å². The van der Waals surface area contributed by atoms with Crippen LogP contribution in [-0.2, 0) is 35.6 Å². The standard InChI is InChI=1S/C37H47N5O7S/c1-5-25-12-10-13-30(38-25)27-15-14-23(2)19-31(27)39-35(46)49-26-20-28-29(21-26)33(44)42(4)18-9-7-6-8-11-24-22-37(24,40-32(28)43)34(45)41-50(47,48)36(3)16-17-36/h8,10-15,19,24,26,28-29H,5-7,9,16-18,20-22H2,1-4H3,(H,39,46)(H,40,43)(H,41,45)/b11-8-/t24-,26-,28-,29-,37-/m1/s1. The molecule has 268 valence electrons. The lowest BCUT2D eigenvalue weighted by Crippen LogP contribution is -2.55. The number of benzene rings is 1. The van der Waals surface area contributed by atoms with Crippen LogP contribution in [0.5, 0.6) is 0 Å². The number of aryl methyl sites for hydroxylation is 2. The number of rotatable bonds is 7. The van der Waals surface area contributed by atoms with Gasteiger partial charge in [-0.15, -0.1) is 0 Å². The molecule has 3 aliphatic carbocycles. The number of ether oxygens (including phenoxy) is 1. The lowest BCUT2D eigenvalue weighted by atomic mass is 9.93. The lowest BCUT2D eigenvalue weighted by Gasteiger charge is -2.27. The molecular weight excluding hydrogens is 659 g/mol. The maximum absolute atomic E-state index is 14.1. The average molecular weight is 706 g/mol. The van der Waals surface area contributed by atoms with Crippen LogP contribution in [0.4, 0.5) is 10.5 Å². The van der Waals surface area contributed by atoms with Gasteiger partial charge in [-0.3, -0.25) is 29.4 Å². The third-order valence-corrected chi connectivity index (χ3v) is 12.9. The number of hydrogen-bond donors (Lipinski definition) is 3. The van der Waals surface area contributed by atoms with Crippen molar-refractivity contribution in [1.29, 1.82) is 0 Å². The van der Waals surface area contributed by atoms with Crippen molar-refractivity contribution < 1.29 is 32.3 Å². The Bertz CT molecular complexity index is 1820. The van der Waals surface area contributed by atoms with E-state index in [2.05, 4.69) is 15.4 Å². The van der Waals surface area contributed by atoms with Crippen LogP contribution < -0.4 is 15.4 Å². The summed E-state index contributed by atoms with van der Waals surface area (Å²) >= 11 is 0.